The third-order valence-electron chi connectivity index (χ3n) is 2.29. The second-order valence-corrected chi connectivity index (χ2v) is 5.13. The molecule has 1 rings (SSSR count). The highest BCUT2D eigenvalue weighted by Gasteiger charge is 2.23. The van der Waals surface area contributed by atoms with Gasteiger partial charge in [-0.1, -0.05) is 0 Å². The summed E-state index contributed by atoms with van der Waals surface area (Å²) in [4.78, 5) is 21.6. The first kappa shape index (κ1) is 14.9. The molecule has 1 heterocycles. The summed E-state index contributed by atoms with van der Waals surface area (Å²) in [5, 5.41) is 9.82. The zero-order valence-corrected chi connectivity index (χ0v) is 11.8. The first-order chi connectivity index (χ1) is 8.23. The second kappa shape index (κ2) is 5.63. The number of hydrogen-bond donors (Lipinski definition) is 1. The summed E-state index contributed by atoms with van der Waals surface area (Å²) in [6, 6.07) is 1.58. The van der Waals surface area contributed by atoms with Gasteiger partial charge in [-0.2, -0.15) is 0 Å². The van der Waals surface area contributed by atoms with Gasteiger partial charge < -0.3 is 10.0 Å². The monoisotopic (exact) mass is 271 g/mol. The summed E-state index contributed by atoms with van der Waals surface area (Å²) in [5.74, 6) is -0.257. The molecule has 0 radical (unpaired) electrons. The quantitative estimate of drug-likeness (QED) is 0.846. The molecular weight excluding hydrogens is 254 g/mol. The number of carbonyl (C=O) groups excluding carboxylic acids is 1. The Morgan fingerprint density at radius 3 is 2.56 bits per heavy atom. The number of nitrogens with zero attached hydrogens (tertiary/aromatic N) is 3. The number of aliphatic hydroxyl groups is 1. The molecule has 6 heteroatoms. The molecule has 100 valence electrons. The number of rotatable bonds is 4. The van der Waals surface area contributed by atoms with Crippen molar-refractivity contribution >= 4 is 17.5 Å². The van der Waals surface area contributed by atoms with Crippen LogP contribution in [0.25, 0.3) is 0 Å². The Balaban J connectivity index is 2.96. The van der Waals surface area contributed by atoms with E-state index in [0.717, 1.165) is 0 Å². The molecule has 0 aromatic carbocycles. The van der Waals surface area contributed by atoms with Crippen LogP contribution in [0.4, 0.5) is 0 Å². The summed E-state index contributed by atoms with van der Waals surface area (Å²) in [6.45, 7) is 7.63. The lowest BCUT2D eigenvalue weighted by molar-refractivity contribution is 0.0311. The number of likely N-dealkylation sites (N-methyl/N-ethyl adjacent to an activating group) is 1. The van der Waals surface area contributed by atoms with E-state index in [0.29, 0.717) is 12.2 Å². The minimum Gasteiger partial charge on any atom is -0.389 e. The number of amides is 1. The maximum absolute atomic E-state index is 12.2. The van der Waals surface area contributed by atoms with Crippen molar-refractivity contribution in [2.24, 2.45) is 0 Å². The van der Waals surface area contributed by atoms with Crippen LogP contribution >= 0.6 is 11.6 Å². The Kier molecular flexibility index (Phi) is 4.65. The van der Waals surface area contributed by atoms with Crippen LogP contribution in [0, 0.1) is 6.92 Å². The van der Waals surface area contributed by atoms with Crippen LogP contribution in [-0.4, -0.2) is 44.6 Å². The van der Waals surface area contributed by atoms with Crippen LogP contribution in [0.1, 0.15) is 37.0 Å². The van der Waals surface area contributed by atoms with E-state index in [1.54, 1.807) is 26.8 Å². The molecule has 0 aliphatic rings. The third kappa shape index (κ3) is 4.23. The number of hydrogen-bond acceptors (Lipinski definition) is 4. The standard InChI is InChI=1S/C12H18ClN3O2/c1-5-16(7-12(3,4)18)10(17)9-6-8(2)14-11(13)15-9/h6,18H,5,7H2,1-4H3. The Hall–Kier alpha value is -1.20. The molecule has 0 saturated heterocycles. The van der Waals surface area contributed by atoms with E-state index in [1.165, 1.54) is 4.90 Å². The van der Waals surface area contributed by atoms with Crippen molar-refractivity contribution in [3.63, 3.8) is 0 Å². The molecule has 18 heavy (non-hydrogen) atoms. The molecule has 1 aromatic rings. The Bertz CT molecular complexity index is 423. The van der Waals surface area contributed by atoms with Crippen molar-refractivity contribution in [2.75, 3.05) is 13.1 Å². The Morgan fingerprint density at radius 1 is 1.50 bits per heavy atom. The number of aromatic nitrogens is 2. The number of aryl methyl sites for hydroxylation is 1. The summed E-state index contributed by atoms with van der Waals surface area (Å²) in [7, 11) is 0. The summed E-state index contributed by atoms with van der Waals surface area (Å²) in [6.07, 6.45) is 0. The molecule has 0 unspecified atom stereocenters. The van der Waals surface area contributed by atoms with Crippen molar-refractivity contribution in [1.82, 2.24) is 14.9 Å². The lowest BCUT2D eigenvalue weighted by Gasteiger charge is -2.27. The Morgan fingerprint density at radius 2 is 2.11 bits per heavy atom. The highest BCUT2D eigenvalue weighted by atomic mass is 35.5. The Labute approximate surface area is 112 Å². The van der Waals surface area contributed by atoms with E-state index < -0.39 is 5.60 Å². The fourth-order valence-electron chi connectivity index (χ4n) is 1.60. The predicted molar refractivity (Wildman–Crippen MR) is 69.7 cm³/mol. The maximum Gasteiger partial charge on any atom is 0.272 e. The van der Waals surface area contributed by atoms with Crippen molar-refractivity contribution in [3.8, 4) is 0 Å². The molecule has 0 bridgehead atoms. The molecular formula is C12H18ClN3O2. The zero-order valence-electron chi connectivity index (χ0n) is 11.1. The number of halogens is 1. The third-order valence-corrected chi connectivity index (χ3v) is 2.46. The zero-order chi connectivity index (χ0) is 13.9. The van der Waals surface area contributed by atoms with E-state index in [-0.39, 0.29) is 23.4 Å². The molecule has 0 spiro atoms. The van der Waals surface area contributed by atoms with Gasteiger partial charge in [-0.05, 0) is 45.4 Å². The van der Waals surface area contributed by atoms with Crippen molar-refractivity contribution in [1.29, 1.82) is 0 Å². The van der Waals surface area contributed by atoms with Gasteiger partial charge in [-0.15, -0.1) is 0 Å². The minimum atomic E-state index is -0.947. The van der Waals surface area contributed by atoms with Gasteiger partial charge in [0.25, 0.3) is 5.91 Å². The van der Waals surface area contributed by atoms with Crippen LogP contribution in [0.5, 0.6) is 0 Å². The fraction of sp³-hybridized carbons (Fsp3) is 0.583. The van der Waals surface area contributed by atoms with Crippen LogP contribution in [0.3, 0.4) is 0 Å². The van der Waals surface area contributed by atoms with Crippen LogP contribution in [-0.2, 0) is 0 Å². The van der Waals surface area contributed by atoms with Gasteiger partial charge in [0.1, 0.15) is 5.69 Å². The van der Waals surface area contributed by atoms with Crippen molar-refractivity contribution < 1.29 is 9.90 Å². The van der Waals surface area contributed by atoms with Gasteiger partial charge in [-0.3, -0.25) is 4.79 Å². The SMILES string of the molecule is CCN(CC(C)(C)O)C(=O)c1cc(C)nc(Cl)n1. The fourth-order valence-corrected chi connectivity index (χ4v) is 1.82. The molecule has 0 aliphatic carbocycles. The number of carbonyl (C=O) groups is 1. The van der Waals surface area contributed by atoms with E-state index >= 15 is 0 Å². The summed E-state index contributed by atoms with van der Waals surface area (Å²) < 4.78 is 0. The lowest BCUT2D eigenvalue weighted by Crippen LogP contribution is -2.42. The summed E-state index contributed by atoms with van der Waals surface area (Å²) in [5.41, 5.74) is -0.0615. The van der Waals surface area contributed by atoms with Gasteiger partial charge in [0, 0.05) is 18.8 Å². The largest absolute Gasteiger partial charge is 0.389 e. The van der Waals surface area contributed by atoms with E-state index in [1.807, 2.05) is 6.92 Å². The minimum absolute atomic E-state index is 0.0534. The average molecular weight is 272 g/mol. The van der Waals surface area contributed by atoms with Gasteiger partial charge in [0.2, 0.25) is 5.28 Å². The van der Waals surface area contributed by atoms with Gasteiger partial charge in [0.15, 0.2) is 0 Å². The first-order valence-corrected chi connectivity index (χ1v) is 6.13. The normalized spacial score (nSPS) is 11.4. The van der Waals surface area contributed by atoms with Crippen LogP contribution < -0.4 is 0 Å². The van der Waals surface area contributed by atoms with Gasteiger partial charge >= 0.3 is 0 Å². The first-order valence-electron chi connectivity index (χ1n) is 5.76. The highest BCUT2D eigenvalue weighted by molar-refractivity contribution is 6.28. The maximum atomic E-state index is 12.2. The molecule has 0 atom stereocenters. The van der Waals surface area contributed by atoms with E-state index in [2.05, 4.69) is 9.97 Å². The van der Waals surface area contributed by atoms with Gasteiger partial charge in [-0.25, -0.2) is 9.97 Å². The molecule has 0 saturated carbocycles. The smallest absolute Gasteiger partial charge is 0.272 e. The van der Waals surface area contributed by atoms with Crippen molar-refractivity contribution in [2.45, 2.75) is 33.3 Å². The topological polar surface area (TPSA) is 66.3 Å². The van der Waals surface area contributed by atoms with E-state index in [9.17, 15) is 9.90 Å². The lowest BCUT2D eigenvalue weighted by atomic mass is 10.1. The summed E-state index contributed by atoms with van der Waals surface area (Å²) >= 11 is 5.73. The second-order valence-electron chi connectivity index (χ2n) is 4.80. The molecule has 5 nitrogen and oxygen atoms in total. The molecule has 1 N–H and O–H groups in total. The molecule has 0 fully saturated rings. The van der Waals surface area contributed by atoms with Crippen molar-refractivity contribution in [3.05, 3.63) is 22.7 Å². The van der Waals surface area contributed by atoms with Gasteiger partial charge in [0.05, 0.1) is 5.60 Å². The molecule has 1 aromatic heterocycles. The highest BCUT2D eigenvalue weighted by Crippen LogP contribution is 2.11. The molecule has 1 amide bonds. The van der Waals surface area contributed by atoms with Crippen LogP contribution in [0.2, 0.25) is 5.28 Å². The van der Waals surface area contributed by atoms with Crippen LogP contribution in [0.15, 0.2) is 6.07 Å². The molecule has 0 aliphatic heterocycles. The average Bonchev–Trinajstić information content (AvgIpc) is 2.22. The predicted octanol–water partition coefficient (Wildman–Crippen LogP) is 1.67. The van der Waals surface area contributed by atoms with E-state index in [4.69, 9.17) is 11.6 Å².